The highest BCUT2D eigenvalue weighted by atomic mass is 16.5. The van der Waals surface area contributed by atoms with Crippen molar-refractivity contribution in [2.24, 2.45) is 10.9 Å². The number of carbonyl (C=O) groups is 2. The Morgan fingerprint density at radius 3 is 2.42 bits per heavy atom. The largest absolute Gasteiger partial charge is 0.379 e. The number of fused-ring (bicyclic) bond motifs is 1. The number of rotatable bonds is 6. The van der Waals surface area contributed by atoms with Gasteiger partial charge in [-0.1, -0.05) is 29.8 Å². The Morgan fingerprint density at radius 1 is 1.03 bits per heavy atom. The lowest BCUT2D eigenvalue weighted by atomic mass is 9.84. The Kier molecular flexibility index (Phi) is 8.24. The summed E-state index contributed by atoms with van der Waals surface area (Å²) in [6.45, 7) is 10.4. The SMILES string of the molecule is Cc1ccc(C(=O)N=C2Cc3ccc(CN4CCOCC4)cc3N2C2CCC(C(=O)NC(C)C)CC2)cc1. The molecule has 2 heterocycles. The van der Waals surface area contributed by atoms with Gasteiger partial charge < -0.3 is 15.0 Å². The van der Waals surface area contributed by atoms with E-state index in [0.717, 1.165) is 69.9 Å². The van der Waals surface area contributed by atoms with Crippen LogP contribution in [-0.4, -0.2) is 60.9 Å². The first kappa shape index (κ1) is 26.6. The van der Waals surface area contributed by atoms with Gasteiger partial charge in [-0.15, -0.1) is 0 Å². The normalized spacial score (nSPS) is 23.1. The lowest BCUT2D eigenvalue weighted by Crippen LogP contribution is -2.44. The number of hydrogen-bond donors (Lipinski definition) is 1. The summed E-state index contributed by atoms with van der Waals surface area (Å²) in [5, 5.41) is 3.08. The van der Waals surface area contributed by atoms with Crippen molar-refractivity contribution in [3.63, 3.8) is 0 Å². The fourth-order valence-electron chi connectivity index (χ4n) is 5.87. The zero-order valence-corrected chi connectivity index (χ0v) is 22.9. The minimum absolute atomic E-state index is 0.0537. The summed E-state index contributed by atoms with van der Waals surface area (Å²) >= 11 is 0. The Morgan fingerprint density at radius 2 is 1.74 bits per heavy atom. The van der Waals surface area contributed by atoms with E-state index in [1.165, 1.54) is 16.8 Å². The van der Waals surface area contributed by atoms with E-state index in [9.17, 15) is 9.59 Å². The number of ether oxygens (including phenoxy) is 1. The molecule has 7 heteroatoms. The van der Waals surface area contributed by atoms with E-state index in [2.05, 4.69) is 38.3 Å². The highest BCUT2D eigenvalue weighted by Gasteiger charge is 2.36. The molecule has 2 aromatic rings. The number of amides is 2. The molecule has 3 aliphatic rings. The molecule has 1 saturated carbocycles. The summed E-state index contributed by atoms with van der Waals surface area (Å²) in [5.74, 6) is 0.843. The molecule has 0 bridgehead atoms. The second-order valence-corrected chi connectivity index (χ2v) is 11.3. The van der Waals surface area contributed by atoms with E-state index in [1.807, 2.05) is 45.0 Å². The second-order valence-electron chi connectivity index (χ2n) is 11.3. The number of nitrogens with zero attached hydrogens (tertiary/aromatic N) is 3. The average molecular weight is 517 g/mol. The van der Waals surface area contributed by atoms with Gasteiger partial charge in [0, 0.05) is 55.3 Å². The minimum Gasteiger partial charge on any atom is -0.379 e. The van der Waals surface area contributed by atoms with Crippen LogP contribution < -0.4 is 10.2 Å². The predicted octanol–water partition coefficient (Wildman–Crippen LogP) is 4.51. The Hall–Kier alpha value is -3.03. The van der Waals surface area contributed by atoms with E-state index in [1.54, 1.807) is 0 Å². The quantitative estimate of drug-likeness (QED) is 0.612. The van der Waals surface area contributed by atoms with E-state index in [0.29, 0.717) is 12.0 Å². The zero-order valence-electron chi connectivity index (χ0n) is 22.9. The summed E-state index contributed by atoms with van der Waals surface area (Å²) in [6, 6.07) is 14.7. The molecule has 1 aliphatic carbocycles. The number of carbonyl (C=O) groups excluding carboxylic acids is 2. The van der Waals surface area contributed by atoms with E-state index < -0.39 is 0 Å². The third-order valence-electron chi connectivity index (χ3n) is 7.94. The number of aryl methyl sites for hydroxylation is 1. The molecule has 0 unspecified atom stereocenters. The minimum atomic E-state index is -0.198. The van der Waals surface area contributed by atoms with Crippen LogP contribution in [0.5, 0.6) is 0 Å². The van der Waals surface area contributed by atoms with Crippen LogP contribution in [0.1, 0.15) is 66.6 Å². The molecule has 2 aliphatic heterocycles. The first-order valence-electron chi connectivity index (χ1n) is 14.1. The van der Waals surface area contributed by atoms with Gasteiger partial charge in [0.05, 0.1) is 13.2 Å². The summed E-state index contributed by atoms with van der Waals surface area (Å²) in [4.78, 5) is 35.3. The molecule has 0 spiro atoms. The summed E-state index contributed by atoms with van der Waals surface area (Å²) in [5.41, 5.74) is 5.38. The molecule has 2 fully saturated rings. The van der Waals surface area contributed by atoms with Crippen molar-refractivity contribution in [3.05, 3.63) is 64.7 Å². The zero-order chi connectivity index (χ0) is 26.6. The third-order valence-corrected chi connectivity index (χ3v) is 7.94. The molecule has 2 amide bonds. The van der Waals surface area contributed by atoms with Gasteiger partial charge in [-0.05, 0) is 75.8 Å². The number of nitrogens with one attached hydrogen (secondary N) is 1. The summed E-state index contributed by atoms with van der Waals surface area (Å²) in [7, 11) is 0. The average Bonchev–Trinajstić information content (AvgIpc) is 3.26. The van der Waals surface area contributed by atoms with Crippen molar-refractivity contribution >= 4 is 23.3 Å². The lowest BCUT2D eigenvalue weighted by molar-refractivity contribution is -0.126. The van der Waals surface area contributed by atoms with Crippen molar-refractivity contribution in [3.8, 4) is 0 Å². The van der Waals surface area contributed by atoms with Crippen LogP contribution in [0.2, 0.25) is 0 Å². The van der Waals surface area contributed by atoms with Crippen LogP contribution in [-0.2, 0) is 22.5 Å². The van der Waals surface area contributed by atoms with Crippen LogP contribution in [0.4, 0.5) is 5.69 Å². The smallest absolute Gasteiger partial charge is 0.278 e. The Labute approximate surface area is 226 Å². The van der Waals surface area contributed by atoms with E-state index >= 15 is 0 Å². The first-order chi connectivity index (χ1) is 18.4. The number of hydrogen-bond acceptors (Lipinski definition) is 4. The highest BCUT2D eigenvalue weighted by Crippen LogP contribution is 2.38. The maximum Gasteiger partial charge on any atom is 0.278 e. The third kappa shape index (κ3) is 6.16. The fourth-order valence-corrected chi connectivity index (χ4v) is 5.87. The summed E-state index contributed by atoms with van der Waals surface area (Å²) in [6.07, 6.45) is 4.16. The van der Waals surface area contributed by atoms with Gasteiger partial charge in [-0.2, -0.15) is 4.99 Å². The standard InChI is InChI=1S/C31H40N4O3/c1-21(2)32-30(36)25-10-12-27(13-11-25)35-28-18-23(20-34-14-16-38-17-15-34)6-9-26(28)19-29(35)33-31(37)24-7-4-22(3)5-8-24/h4-9,18,21,25,27H,10-17,19-20H2,1-3H3,(H,32,36). The van der Waals surface area contributed by atoms with Gasteiger partial charge in [0.15, 0.2) is 0 Å². The molecule has 7 nitrogen and oxygen atoms in total. The highest BCUT2D eigenvalue weighted by molar-refractivity contribution is 6.12. The van der Waals surface area contributed by atoms with Crippen molar-refractivity contribution in [1.82, 2.24) is 10.2 Å². The van der Waals surface area contributed by atoms with Gasteiger partial charge in [0.25, 0.3) is 5.91 Å². The van der Waals surface area contributed by atoms with Gasteiger partial charge in [-0.3, -0.25) is 14.5 Å². The summed E-state index contributed by atoms with van der Waals surface area (Å²) < 4.78 is 5.52. The van der Waals surface area contributed by atoms with Crippen molar-refractivity contribution < 1.29 is 14.3 Å². The Bertz CT molecular complexity index is 1180. The molecule has 1 N–H and O–H groups in total. The predicted molar refractivity (Wildman–Crippen MR) is 151 cm³/mol. The van der Waals surface area contributed by atoms with Crippen LogP contribution >= 0.6 is 0 Å². The van der Waals surface area contributed by atoms with Gasteiger partial charge in [-0.25, -0.2) is 0 Å². The van der Waals surface area contributed by atoms with Crippen LogP contribution in [0.15, 0.2) is 47.5 Å². The van der Waals surface area contributed by atoms with Gasteiger partial charge in [0.1, 0.15) is 5.84 Å². The van der Waals surface area contributed by atoms with Crippen LogP contribution in [0.3, 0.4) is 0 Å². The maximum absolute atomic E-state index is 13.2. The molecule has 0 aromatic heterocycles. The number of benzene rings is 2. The van der Waals surface area contributed by atoms with Gasteiger partial charge >= 0.3 is 0 Å². The maximum atomic E-state index is 13.2. The molecule has 1 saturated heterocycles. The van der Waals surface area contributed by atoms with E-state index in [4.69, 9.17) is 4.74 Å². The monoisotopic (exact) mass is 516 g/mol. The van der Waals surface area contributed by atoms with Crippen molar-refractivity contribution in [2.45, 2.75) is 71.5 Å². The molecule has 2 aromatic carbocycles. The van der Waals surface area contributed by atoms with E-state index in [-0.39, 0.29) is 29.8 Å². The van der Waals surface area contributed by atoms with Crippen molar-refractivity contribution in [2.75, 3.05) is 31.2 Å². The number of aliphatic imine (C=N–C) groups is 1. The first-order valence-corrected chi connectivity index (χ1v) is 14.1. The topological polar surface area (TPSA) is 74.2 Å². The Balaban J connectivity index is 1.39. The number of amidine groups is 1. The fraction of sp³-hybridized carbons (Fsp3) is 0.516. The molecule has 38 heavy (non-hydrogen) atoms. The second kappa shape index (κ2) is 11.8. The molecule has 5 rings (SSSR count). The molecule has 0 radical (unpaired) electrons. The molecule has 202 valence electrons. The van der Waals surface area contributed by atoms with Crippen LogP contribution in [0, 0.1) is 12.8 Å². The molecule has 0 atom stereocenters. The molecular formula is C31H40N4O3. The lowest BCUT2D eigenvalue weighted by Gasteiger charge is -2.36. The number of anilines is 1. The van der Waals surface area contributed by atoms with Crippen LogP contribution in [0.25, 0.3) is 0 Å². The van der Waals surface area contributed by atoms with Gasteiger partial charge in [0.2, 0.25) is 5.91 Å². The number of morpholine rings is 1. The molecular weight excluding hydrogens is 476 g/mol. The van der Waals surface area contributed by atoms with Crippen molar-refractivity contribution in [1.29, 1.82) is 0 Å².